The molecule has 1 saturated carbocycles. The second kappa shape index (κ2) is 4.78. The lowest BCUT2D eigenvalue weighted by molar-refractivity contribution is 0.0967. The summed E-state index contributed by atoms with van der Waals surface area (Å²) in [6.45, 7) is 3.92. The average molecular weight is 234 g/mol. The Bertz CT molecular complexity index is 419. The Morgan fingerprint density at radius 2 is 2.00 bits per heavy atom. The molecule has 1 aliphatic rings. The summed E-state index contributed by atoms with van der Waals surface area (Å²) in [6.07, 6.45) is 2.13. The highest BCUT2D eigenvalue weighted by molar-refractivity contribution is 5.99. The third kappa shape index (κ3) is 2.78. The van der Waals surface area contributed by atoms with Crippen molar-refractivity contribution < 1.29 is 14.3 Å². The molecule has 92 valence electrons. The predicted octanol–water partition coefficient (Wildman–Crippen LogP) is 3.08. The van der Waals surface area contributed by atoms with Gasteiger partial charge in [-0.25, -0.2) is 0 Å². The van der Waals surface area contributed by atoms with E-state index in [0.717, 1.165) is 18.4 Å². The topological polar surface area (TPSA) is 35.5 Å². The molecule has 0 heterocycles. The standard InChI is InChI=1S/C14H18O3/c1-9(2)17-12-7-6-11(8-13(12)16-3)14(15)10-4-5-10/h6-10H,4-5H2,1-3H3. The molecule has 3 heteroatoms. The van der Waals surface area contributed by atoms with Gasteiger partial charge < -0.3 is 9.47 Å². The number of carbonyl (C=O) groups excluding carboxylic acids is 1. The largest absolute Gasteiger partial charge is 0.493 e. The van der Waals surface area contributed by atoms with E-state index in [4.69, 9.17) is 9.47 Å². The zero-order valence-corrected chi connectivity index (χ0v) is 10.5. The van der Waals surface area contributed by atoms with Crippen LogP contribution in [0.2, 0.25) is 0 Å². The second-order valence-electron chi connectivity index (χ2n) is 4.67. The maximum Gasteiger partial charge on any atom is 0.166 e. The van der Waals surface area contributed by atoms with Gasteiger partial charge in [-0.2, -0.15) is 0 Å². The van der Waals surface area contributed by atoms with Crippen LogP contribution < -0.4 is 9.47 Å². The van der Waals surface area contributed by atoms with Gasteiger partial charge in [0.05, 0.1) is 13.2 Å². The van der Waals surface area contributed by atoms with Gasteiger partial charge in [0.1, 0.15) is 0 Å². The van der Waals surface area contributed by atoms with Gasteiger partial charge in [-0.05, 0) is 44.9 Å². The van der Waals surface area contributed by atoms with Crippen LogP contribution in [0.5, 0.6) is 11.5 Å². The van der Waals surface area contributed by atoms with Gasteiger partial charge in [-0.1, -0.05) is 0 Å². The van der Waals surface area contributed by atoms with E-state index in [0.29, 0.717) is 11.5 Å². The van der Waals surface area contributed by atoms with E-state index in [1.54, 1.807) is 13.2 Å². The molecule has 0 amide bonds. The summed E-state index contributed by atoms with van der Waals surface area (Å²) in [5, 5.41) is 0. The Morgan fingerprint density at radius 1 is 1.29 bits per heavy atom. The molecule has 0 spiro atoms. The van der Waals surface area contributed by atoms with E-state index in [2.05, 4.69) is 0 Å². The maximum absolute atomic E-state index is 11.9. The molecule has 0 unspecified atom stereocenters. The van der Waals surface area contributed by atoms with Crippen LogP contribution in [-0.4, -0.2) is 19.0 Å². The highest BCUT2D eigenvalue weighted by Crippen LogP contribution is 2.35. The normalized spacial score (nSPS) is 14.8. The lowest BCUT2D eigenvalue weighted by Gasteiger charge is -2.14. The Labute approximate surface area is 102 Å². The van der Waals surface area contributed by atoms with E-state index >= 15 is 0 Å². The van der Waals surface area contributed by atoms with Crippen LogP contribution in [0.4, 0.5) is 0 Å². The van der Waals surface area contributed by atoms with Crippen molar-refractivity contribution in [1.82, 2.24) is 0 Å². The van der Waals surface area contributed by atoms with Crippen LogP contribution in [0.25, 0.3) is 0 Å². The number of rotatable bonds is 5. The molecule has 0 saturated heterocycles. The van der Waals surface area contributed by atoms with E-state index in [9.17, 15) is 4.79 Å². The van der Waals surface area contributed by atoms with Gasteiger partial charge in [0.15, 0.2) is 17.3 Å². The third-order valence-corrected chi connectivity index (χ3v) is 2.76. The molecule has 17 heavy (non-hydrogen) atoms. The number of ether oxygens (including phenoxy) is 2. The minimum absolute atomic E-state index is 0.0916. The molecule has 0 N–H and O–H groups in total. The third-order valence-electron chi connectivity index (χ3n) is 2.76. The molecule has 0 aliphatic heterocycles. The van der Waals surface area contributed by atoms with Gasteiger partial charge in [0.25, 0.3) is 0 Å². The van der Waals surface area contributed by atoms with E-state index in [1.165, 1.54) is 0 Å². The summed E-state index contributed by atoms with van der Waals surface area (Å²) in [4.78, 5) is 11.9. The van der Waals surface area contributed by atoms with E-state index in [1.807, 2.05) is 26.0 Å². The Kier molecular flexibility index (Phi) is 3.36. The van der Waals surface area contributed by atoms with Crippen LogP contribution >= 0.6 is 0 Å². The number of ketones is 1. The Hall–Kier alpha value is -1.51. The summed E-state index contributed by atoms with van der Waals surface area (Å²) in [6, 6.07) is 5.41. The van der Waals surface area contributed by atoms with Gasteiger partial charge in [0, 0.05) is 11.5 Å². The molecule has 1 aliphatic carbocycles. The zero-order chi connectivity index (χ0) is 12.4. The molecule has 1 aromatic rings. The summed E-state index contributed by atoms with van der Waals surface area (Å²) in [5.41, 5.74) is 0.723. The molecule has 0 aromatic heterocycles. The van der Waals surface area contributed by atoms with Crippen molar-refractivity contribution >= 4 is 5.78 Å². The fraction of sp³-hybridized carbons (Fsp3) is 0.500. The first kappa shape index (κ1) is 12.0. The highest BCUT2D eigenvalue weighted by Gasteiger charge is 2.30. The van der Waals surface area contributed by atoms with Crippen LogP contribution in [0, 0.1) is 5.92 Å². The van der Waals surface area contributed by atoms with Crippen molar-refractivity contribution in [3.63, 3.8) is 0 Å². The Morgan fingerprint density at radius 3 is 2.53 bits per heavy atom. The van der Waals surface area contributed by atoms with Gasteiger partial charge in [0.2, 0.25) is 0 Å². The van der Waals surface area contributed by atoms with Crippen molar-refractivity contribution in [2.45, 2.75) is 32.8 Å². The van der Waals surface area contributed by atoms with Crippen LogP contribution in [0.3, 0.4) is 0 Å². The molecular weight excluding hydrogens is 216 g/mol. The first-order valence-electron chi connectivity index (χ1n) is 6.00. The molecule has 1 aromatic carbocycles. The molecule has 2 rings (SSSR count). The zero-order valence-electron chi connectivity index (χ0n) is 10.5. The minimum Gasteiger partial charge on any atom is -0.493 e. The molecule has 3 nitrogen and oxygen atoms in total. The van der Waals surface area contributed by atoms with Crippen LogP contribution in [0.1, 0.15) is 37.0 Å². The molecule has 0 atom stereocenters. The van der Waals surface area contributed by atoms with Crippen molar-refractivity contribution in [1.29, 1.82) is 0 Å². The molecule has 1 fully saturated rings. The van der Waals surface area contributed by atoms with Gasteiger partial charge in [-0.15, -0.1) is 0 Å². The minimum atomic E-state index is 0.0916. The number of carbonyl (C=O) groups is 1. The summed E-state index contributed by atoms with van der Waals surface area (Å²) in [5.74, 6) is 1.77. The number of benzene rings is 1. The number of hydrogen-bond acceptors (Lipinski definition) is 3. The quantitative estimate of drug-likeness (QED) is 0.734. The van der Waals surface area contributed by atoms with Gasteiger partial charge >= 0.3 is 0 Å². The van der Waals surface area contributed by atoms with E-state index < -0.39 is 0 Å². The molecular formula is C14H18O3. The monoisotopic (exact) mass is 234 g/mol. The second-order valence-corrected chi connectivity index (χ2v) is 4.67. The summed E-state index contributed by atoms with van der Waals surface area (Å²) >= 11 is 0. The van der Waals surface area contributed by atoms with Crippen molar-refractivity contribution in [3.05, 3.63) is 23.8 Å². The maximum atomic E-state index is 11.9. The molecule has 0 radical (unpaired) electrons. The van der Waals surface area contributed by atoms with Crippen molar-refractivity contribution in [2.24, 2.45) is 5.92 Å². The SMILES string of the molecule is COc1cc(C(=O)C2CC2)ccc1OC(C)C. The highest BCUT2D eigenvalue weighted by atomic mass is 16.5. The van der Waals surface area contributed by atoms with E-state index in [-0.39, 0.29) is 17.8 Å². The lowest BCUT2D eigenvalue weighted by Crippen LogP contribution is -2.08. The smallest absolute Gasteiger partial charge is 0.166 e. The number of Topliss-reactive ketones (excluding diaryl/α,β-unsaturated/α-hetero) is 1. The average Bonchev–Trinajstić information content (AvgIpc) is 3.11. The number of methoxy groups -OCH3 is 1. The lowest BCUT2D eigenvalue weighted by atomic mass is 10.1. The summed E-state index contributed by atoms with van der Waals surface area (Å²) < 4.78 is 10.9. The number of hydrogen-bond donors (Lipinski definition) is 0. The van der Waals surface area contributed by atoms with Crippen LogP contribution in [-0.2, 0) is 0 Å². The van der Waals surface area contributed by atoms with Crippen molar-refractivity contribution in [3.8, 4) is 11.5 Å². The first-order chi connectivity index (χ1) is 8.11. The first-order valence-corrected chi connectivity index (χ1v) is 6.00. The Balaban J connectivity index is 2.23. The summed E-state index contributed by atoms with van der Waals surface area (Å²) in [7, 11) is 1.59. The molecule has 0 bridgehead atoms. The fourth-order valence-electron chi connectivity index (χ4n) is 1.75. The van der Waals surface area contributed by atoms with Gasteiger partial charge in [-0.3, -0.25) is 4.79 Å². The van der Waals surface area contributed by atoms with Crippen LogP contribution in [0.15, 0.2) is 18.2 Å². The fourth-order valence-corrected chi connectivity index (χ4v) is 1.75. The predicted molar refractivity (Wildman–Crippen MR) is 65.8 cm³/mol. The van der Waals surface area contributed by atoms with Crippen molar-refractivity contribution in [2.75, 3.05) is 7.11 Å².